The molecule has 0 aliphatic heterocycles. The molecular formula is C9H5Cl2NO3S. The number of carboxylic acids is 1. The summed E-state index contributed by atoms with van der Waals surface area (Å²) >= 11 is 12.6. The lowest BCUT2D eigenvalue weighted by atomic mass is 10.3. The molecule has 0 amide bonds. The van der Waals surface area contributed by atoms with Crippen LogP contribution in [-0.4, -0.2) is 15.6 Å². The topological polar surface area (TPSA) is 59.3 Å². The van der Waals surface area contributed by atoms with Crippen molar-refractivity contribution in [1.82, 2.24) is 4.57 Å². The molecule has 0 saturated heterocycles. The van der Waals surface area contributed by atoms with Crippen molar-refractivity contribution in [3.63, 3.8) is 0 Å². The monoisotopic (exact) mass is 277 g/mol. The summed E-state index contributed by atoms with van der Waals surface area (Å²) in [6.45, 7) is -0.403. The summed E-state index contributed by atoms with van der Waals surface area (Å²) in [7, 11) is 0. The van der Waals surface area contributed by atoms with Crippen molar-refractivity contribution in [2.45, 2.75) is 6.54 Å². The van der Waals surface area contributed by atoms with Crippen molar-refractivity contribution in [2.24, 2.45) is 0 Å². The number of halogens is 2. The van der Waals surface area contributed by atoms with Gasteiger partial charge in [-0.05, 0) is 12.1 Å². The Hall–Kier alpha value is -1.04. The van der Waals surface area contributed by atoms with E-state index in [0.717, 1.165) is 15.9 Å². The predicted octanol–water partition coefficient (Wildman–Crippen LogP) is 2.45. The Morgan fingerprint density at radius 3 is 2.75 bits per heavy atom. The third kappa shape index (κ3) is 1.93. The Labute approximate surface area is 104 Å². The molecule has 1 aromatic carbocycles. The predicted molar refractivity (Wildman–Crippen MR) is 63.7 cm³/mol. The highest BCUT2D eigenvalue weighted by Crippen LogP contribution is 2.29. The van der Waals surface area contributed by atoms with Crippen molar-refractivity contribution in [2.75, 3.05) is 0 Å². The summed E-state index contributed by atoms with van der Waals surface area (Å²) in [5.41, 5.74) is 0.420. The zero-order valence-corrected chi connectivity index (χ0v) is 10.1. The van der Waals surface area contributed by atoms with E-state index in [0.29, 0.717) is 15.2 Å². The highest BCUT2D eigenvalue weighted by Gasteiger charge is 2.14. The number of benzene rings is 1. The summed E-state index contributed by atoms with van der Waals surface area (Å²) in [6.07, 6.45) is 0. The molecule has 84 valence electrons. The Balaban J connectivity index is 2.78. The van der Waals surface area contributed by atoms with Gasteiger partial charge in [0.2, 0.25) is 0 Å². The van der Waals surface area contributed by atoms with Crippen LogP contribution in [0.3, 0.4) is 0 Å². The number of nitrogens with zero attached hydrogens (tertiary/aromatic N) is 1. The van der Waals surface area contributed by atoms with Gasteiger partial charge in [-0.2, -0.15) is 0 Å². The second-order valence-corrected chi connectivity index (χ2v) is 4.92. The number of aliphatic carboxylic acids is 1. The van der Waals surface area contributed by atoms with Crippen LogP contribution in [0.2, 0.25) is 10.0 Å². The van der Waals surface area contributed by atoms with Crippen LogP contribution < -0.4 is 4.87 Å². The lowest BCUT2D eigenvalue weighted by molar-refractivity contribution is -0.137. The first-order valence-electron chi connectivity index (χ1n) is 4.19. The van der Waals surface area contributed by atoms with Gasteiger partial charge in [0.05, 0.1) is 15.2 Å². The van der Waals surface area contributed by atoms with Crippen molar-refractivity contribution in [3.05, 3.63) is 31.8 Å². The fourth-order valence-electron chi connectivity index (χ4n) is 1.40. The standard InChI is InChI=1S/C9H5Cl2NO3S/c10-4-1-5(11)8-6(2-4)16-9(15)12(8)3-7(13)14/h1-2H,3H2,(H,13,14). The van der Waals surface area contributed by atoms with E-state index in [2.05, 4.69) is 0 Å². The molecule has 0 aliphatic rings. The lowest BCUT2D eigenvalue weighted by Crippen LogP contribution is -2.18. The van der Waals surface area contributed by atoms with Crippen LogP contribution in [0.15, 0.2) is 16.9 Å². The molecule has 7 heteroatoms. The van der Waals surface area contributed by atoms with E-state index in [1.807, 2.05) is 0 Å². The van der Waals surface area contributed by atoms with E-state index in [1.165, 1.54) is 6.07 Å². The average molecular weight is 278 g/mol. The number of carboxylic acid groups (broad SMARTS) is 1. The van der Waals surface area contributed by atoms with Gasteiger partial charge in [0.1, 0.15) is 6.54 Å². The Bertz CT molecular complexity index is 631. The van der Waals surface area contributed by atoms with Crippen molar-refractivity contribution >= 4 is 50.7 Å². The average Bonchev–Trinajstić information content (AvgIpc) is 2.41. The molecule has 0 saturated carbocycles. The van der Waals surface area contributed by atoms with Crippen LogP contribution in [0, 0.1) is 0 Å². The smallest absolute Gasteiger partial charge is 0.323 e. The van der Waals surface area contributed by atoms with Gasteiger partial charge in [-0.3, -0.25) is 14.2 Å². The maximum absolute atomic E-state index is 11.6. The van der Waals surface area contributed by atoms with Gasteiger partial charge in [0.25, 0.3) is 0 Å². The molecule has 2 aromatic rings. The Kier molecular flexibility index (Phi) is 2.92. The molecule has 0 unspecified atom stereocenters. The van der Waals surface area contributed by atoms with E-state index >= 15 is 0 Å². The second kappa shape index (κ2) is 4.08. The summed E-state index contributed by atoms with van der Waals surface area (Å²) in [5.74, 6) is -1.09. The molecule has 0 radical (unpaired) electrons. The zero-order chi connectivity index (χ0) is 11.9. The molecular weight excluding hydrogens is 273 g/mol. The second-order valence-electron chi connectivity index (χ2n) is 3.08. The number of hydrogen-bond donors (Lipinski definition) is 1. The Morgan fingerprint density at radius 1 is 1.44 bits per heavy atom. The van der Waals surface area contributed by atoms with Gasteiger partial charge in [0, 0.05) is 5.02 Å². The van der Waals surface area contributed by atoms with Crippen LogP contribution in [0.5, 0.6) is 0 Å². The minimum absolute atomic E-state index is 0.280. The lowest BCUT2D eigenvalue weighted by Gasteiger charge is -2.01. The first-order chi connectivity index (χ1) is 7.49. The van der Waals surface area contributed by atoms with Crippen LogP contribution in [0.1, 0.15) is 0 Å². The third-order valence-electron chi connectivity index (χ3n) is 1.97. The minimum atomic E-state index is -1.09. The van der Waals surface area contributed by atoms with Crippen LogP contribution in [0.25, 0.3) is 10.2 Å². The zero-order valence-electron chi connectivity index (χ0n) is 7.74. The number of thiazole rings is 1. The fraction of sp³-hybridized carbons (Fsp3) is 0.111. The number of aromatic nitrogens is 1. The van der Waals surface area contributed by atoms with Gasteiger partial charge < -0.3 is 5.11 Å². The van der Waals surface area contributed by atoms with Gasteiger partial charge in [-0.25, -0.2) is 0 Å². The molecule has 0 fully saturated rings. The first kappa shape index (κ1) is 11.4. The SMILES string of the molecule is O=C(O)Cn1c(=O)sc2cc(Cl)cc(Cl)c21. The molecule has 4 nitrogen and oxygen atoms in total. The largest absolute Gasteiger partial charge is 0.480 e. The van der Waals surface area contributed by atoms with Crippen molar-refractivity contribution in [3.8, 4) is 0 Å². The van der Waals surface area contributed by atoms with Gasteiger partial charge in [-0.15, -0.1) is 0 Å². The molecule has 16 heavy (non-hydrogen) atoms. The number of hydrogen-bond acceptors (Lipinski definition) is 3. The van der Waals surface area contributed by atoms with Gasteiger partial charge >= 0.3 is 10.8 Å². The van der Waals surface area contributed by atoms with Crippen molar-refractivity contribution < 1.29 is 9.90 Å². The van der Waals surface area contributed by atoms with E-state index in [1.54, 1.807) is 6.07 Å². The van der Waals surface area contributed by atoms with E-state index in [4.69, 9.17) is 28.3 Å². The Morgan fingerprint density at radius 2 is 2.12 bits per heavy atom. The summed E-state index contributed by atoms with van der Waals surface area (Å²) in [5, 5.41) is 9.39. The molecule has 2 rings (SSSR count). The van der Waals surface area contributed by atoms with Crippen LogP contribution in [-0.2, 0) is 11.3 Å². The number of fused-ring (bicyclic) bond motifs is 1. The normalized spacial score (nSPS) is 10.9. The molecule has 0 atom stereocenters. The van der Waals surface area contributed by atoms with E-state index < -0.39 is 12.5 Å². The highest BCUT2D eigenvalue weighted by molar-refractivity contribution is 7.16. The first-order valence-corrected chi connectivity index (χ1v) is 5.76. The van der Waals surface area contributed by atoms with Crippen LogP contribution >= 0.6 is 34.5 Å². The molecule has 1 heterocycles. The number of rotatable bonds is 2. The molecule has 1 aromatic heterocycles. The molecule has 0 aliphatic carbocycles. The number of carbonyl (C=O) groups is 1. The summed E-state index contributed by atoms with van der Waals surface area (Å²) in [4.78, 5) is 21.8. The maximum atomic E-state index is 11.6. The fourth-order valence-corrected chi connectivity index (χ4v) is 3.07. The van der Waals surface area contributed by atoms with Gasteiger partial charge in [0.15, 0.2) is 0 Å². The molecule has 0 spiro atoms. The van der Waals surface area contributed by atoms with Crippen LogP contribution in [0.4, 0.5) is 0 Å². The minimum Gasteiger partial charge on any atom is -0.480 e. The van der Waals surface area contributed by atoms with Gasteiger partial charge in [-0.1, -0.05) is 34.5 Å². The highest BCUT2D eigenvalue weighted by atomic mass is 35.5. The molecule has 1 N–H and O–H groups in total. The summed E-state index contributed by atoms with van der Waals surface area (Å²) in [6, 6.07) is 3.07. The quantitative estimate of drug-likeness (QED) is 0.917. The molecule has 0 bridgehead atoms. The summed E-state index contributed by atoms with van der Waals surface area (Å²) < 4.78 is 1.71. The third-order valence-corrected chi connectivity index (χ3v) is 3.41. The van der Waals surface area contributed by atoms with E-state index in [-0.39, 0.29) is 9.90 Å². The maximum Gasteiger partial charge on any atom is 0.323 e. The van der Waals surface area contributed by atoms with E-state index in [9.17, 15) is 9.59 Å². The van der Waals surface area contributed by atoms with Crippen molar-refractivity contribution in [1.29, 1.82) is 0 Å².